The zero-order valence-corrected chi connectivity index (χ0v) is 18.4. The molecule has 0 aromatic heterocycles. The monoisotopic (exact) mass is 434 g/mol. The molecule has 0 unspecified atom stereocenters. The molecule has 1 amide bonds. The lowest BCUT2D eigenvalue weighted by atomic mass is 10.1. The zero-order chi connectivity index (χ0) is 22.5. The highest BCUT2D eigenvalue weighted by Gasteiger charge is 2.20. The molecule has 2 rings (SSSR count). The second-order valence-electron chi connectivity index (χ2n) is 6.75. The summed E-state index contributed by atoms with van der Waals surface area (Å²) in [5.41, 5.74) is 2.10. The van der Waals surface area contributed by atoms with Crippen molar-refractivity contribution in [3.8, 4) is 5.75 Å². The molecule has 1 atom stereocenters. The number of carbonyl (C=O) groups is 2. The van der Waals surface area contributed by atoms with E-state index >= 15 is 0 Å². The van der Waals surface area contributed by atoms with Crippen molar-refractivity contribution in [2.75, 3.05) is 30.0 Å². The molecule has 1 N–H and O–H groups in total. The molecule has 0 aliphatic heterocycles. The highest BCUT2D eigenvalue weighted by Crippen LogP contribution is 2.23. The van der Waals surface area contributed by atoms with Crippen molar-refractivity contribution in [3.63, 3.8) is 0 Å². The van der Waals surface area contributed by atoms with Gasteiger partial charge in [-0.2, -0.15) is 0 Å². The Kier molecular flexibility index (Phi) is 7.44. The number of amides is 1. The van der Waals surface area contributed by atoms with Gasteiger partial charge in [0.15, 0.2) is 6.10 Å². The molecular formula is C21H26N2O6S. The number of aryl methyl sites for hydroxylation is 1. The molecule has 0 radical (unpaired) electrons. The number of anilines is 2. The third-order valence-corrected chi connectivity index (χ3v) is 5.76. The molecule has 0 saturated heterocycles. The zero-order valence-electron chi connectivity index (χ0n) is 17.6. The first-order valence-electron chi connectivity index (χ1n) is 9.27. The first-order valence-corrected chi connectivity index (χ1v) is 11.1. The van der Waals surface area contributed by atoms with E-state index in [0.717, 1.165) is 16.1 Å². The van der Waals surface area contributed by atoms with E-state index in [1.807, 2.05) is 13.8 Å². The minimum absolute atomic E-state index is 0.331. The fourth-order valence-corrected chi connectivity index (χ4v) is 3.13. The highest BCUT2D eigenvalue weighted by molar-refractivity contribution is 7.92. The predicted molar refractivity (Wildman–Crippen MR) is 116 cm³/mol. The summed E-state index contributed by atoms with van der Waals surface area (Å²) in [5, 5.41) is 2.79. The summed E-state index contributed by atoms with van der Waals surface area (Å²) in [6.07, 6.45) is 0.753. The molecule has 2 aromatic rings. The van der Waals surface area contributed by atoms with E-state index in [1.165, 1.54) is 14.2 Å². The summed E-state index contributed by atoms with van der Waals surface area (Å²) in [6.45, 7) is 3.63. The van der Waals surface area contributed by atoms with E-state index in [-0.39, 0.29) is 5.91 Å². The molecule has 0 bridgehead atoms. The lowest BCUT2D eigenvalue weighted by Gasteiger charge is -2.20. The number of benzene rings is 2. The van der Waals surface area contributed by atoms with Gasteiger partial charge in [0.1, 0.15) is 5.75 Å². The molecule has 0 spiro atoms. The van der Waals surface area contributed by atoms with Crippen molar-refractivity contribution >= 4 is 33.3 Å². The Morgan fingerprint density at radius 3 is 2.30 bits per heavy atom. The minimum Gasteiger partial charge on any atom is -0.481 e. The number of nitrogens with zero attached hydrogens (tertiary/aromatic N) is 1. The molecule has 0 aliphatic rings. The van der Waals surface area contributed by atoms with E-state index in [0.29, 0.717) is 29.1 Å². The smallest absolute Gasteiger partial charge is 0.337 e. The number of rotatable bonds is 8. The number of hydrogen-bond acceptors (Lipinski definition) is 6. The average Bonchev–Trinajstić information content (AvgIpc) is 2.72. The lowest BCUT2D eigenvalue weighted by molar-refractivity contribution is -0.122. The maximum Gasteiger partial charge on any atom is 0.337 e. The second kappa shape index (κ2) is 9.62. The van der Waals surface area contributed by atoms with Gasteiger partial charge in [0, 0.05) is 12.7 Å². The maximum atomic E-state index is 12.7. The van der Waals surface area contributed by atoms with Gasteiger partial charge in [-0.05, 0) is 55.3 Å². The van der Waals surface area contributed by atoms with Gasteiger partial charge in [0.05, 0.1) is 24.6 Å². The number of sulfonamides is 1. The van der Waals surface area contributed by atoms with Crippen LogP contribution in [0.15, 0.2) is 42.5 Å². The highest BCUT2D eigenvalue weighted by atomic mass is 32.2. The van der Waals surface area contributed by atoms with Crippen LogP contribution in [0.25, 0.3) is 0 Å². The van der Waals surface area contributed by atoms with Gasteiger partial charge in [0.2, 0.25) is 10.0 Å². The number of nitrogens with one attached hydrogen (secondary N) is 1. The van der Waals surface area contributed by atoms with Gasteiger partial charge >= 0.3 is 5.97 Å². The topological polar surface area (TPSA) is 102 Å². The summed E-state index contributed by atoms with van der Waals surface area (Å²) < 4.78 is 34.9. The van der Waals surface area contributed by atoms with Crippen molar-refractivity contribution in [2.45, 2.75) is 26.4 Å². The number of methoxy groups -OCH3 is 1. The Labute approximate surface area is 176 Å². The molecule has 30 heavy (non-hydrogen) atoms. The Balaban J connectivity index is 2.13. The maximum absolute atomic E-state index is 12.7. The van der Waals surface area contributed by atoms with E-state index in [9.17, 15) is 18.0 Å². The summed E-state index contributed by atoms with van der Waals surface area (Å²) in [6, 6.07) is 11.3. The Morgan fingerprint density at radius 1 is 1.13 bits per heavy atom. The van der Waals surface area contributed by atoms with Gasteiger partial charge in [-0.1, -0.05) is 13.0 Å². The van der Waals surface area contributed by atoms with Gasteiger partial charge in [-0.25, -0.2) is 13.2 Å². The molecule has 162 valence electrons. The van der Waals surface area contributed by atoms with E-state index in [2.05, 4.69) is 5.32 Å². The number of carbonyl (C=O) groups excluding carboxylic acids is 2. The van der Waals surface area contributed by atoms with Crippen LogP contribution in [0, 0.1) is 6.92 Å². The van der Waals surface area contributed by atoms with Crippen molar-refractivity contribution < 1.29 is 27.5 Å². The van der Waals surface area contributed by atoms with Crippen LogP contribution >= 0.6 is 0 Å². The number of esters is 1. The number of hydrogen-bond donors (Lipinski definition) is 1. The van der Waals surface area contributed by atoms with Crippen molar-refractivity contribution in [3.05, 3.63) is 53.6 Å². The molecule has 0 aliphatic carbocycles. The van der Waals surface area contributed by atoms with Gasteiger partial charge in [0.25, 0.3) is 5.91 Å². The molecular weight excluding hydrogens is 408 g/mol. The summed E-state index contributed by atoms with van der Waals surface area (Å²) >= 11 is 0. The Hall–Kier alpha value is -3.07. The van der Waals surface area contributed by atoms with Gasteiger partial charge in [-0.15, -0.1) is 0 Å². The van der Waals surface area contributed by atoms with Crippen LogP contribution < -0.4 is 14.4 Å². The summed E-state index contributed by atoms with van der Waals surface area (Å²) in [7, 11) is -0.616. The summed E-state index contributed by atoms with van der Waals surface area (Å²) in [5.74, 6) is -0.421. The molecule has 0 fully saturated rings. The third kappa shape index (κ3) is 5.73. The van der Waals surface area contributed by atoms with Gasteiger partial charge < -0.3 is 14.8 Å². The molecule has 0 saturated carbocycles. The van der Waals surface area contributed by atoms with Crippen LogP contribution in [-0.4, -0.2) is 46.8 Å². The van der Waals surface area contributed by atoms with Gasteiger partial charge in [-0.3, -0.25) is 9.10 Å². The van der Waals surface area contributed by atoms with Crippen molar-refractivity contribution in [1.29, 1.82) is 0 Å². The first kappa shape index (κ1) is 23.2. The van der Waals surface area contributed by atoms with Crippen LogP contribution in [0.5, 0.6) is 5.75 Å². The van der Waals surface area contributed by atoms with E-state index < -0.39 is 22.1 Å². The minimum atomic E-state index is -3.36. The van der Waals surface area contributed by atoms with Crippen LogP contribution in [-0.2, 0) is 19.6 Å². The fourth-order valence-electron chi connectivity index (χ4n) is 2.63. The van der Waals surface area contributed by atoms with Crippen molar-refractivity contribution in [1.82, 2.24) is 0 Å². The lowest BCUT2D eigenvalue weighted by Crippen LogP contribution is -2.32. The number of ether oxygens (including phenoxy) is 2. The Bertz CT molecular complexity index is 1020. The molecule has 8 nitrogen and oxygen atoms in total. The standard InChI is InChI=1S/C21H26N2O6S/c1-6-19(29-17-11-9-16(10-12-17)23(3)30(5,26)27)20(24)22-18-13-15(21(25)28-4)8-7-14(18)2/h7-13,19H,6H2,1-5H3,(H,22,24)/t19-/m1/s1. The van der Waals surface area contributed by atoms with E-state index in [1.54, 1.807) is 42.5 Å². The Morgan fingerprint density at radius 2 is 1.77 bits per heavy atom. The molecule has 0 heterocycles. The summed E-state index contributed by atoms with van der Waals surface area (Å²) in [4.78, 5) is 24.4. The van der Waals surface area contributed by atoms with Crippen LogP contribution in [0.1, 0.15) is 29.3 Å². The van der Waals surface area contributed by atoms with Crippen molar-refractivity contribution in [2.24, 2.45) is 0 Å². The van der Waals surface area contributed by atoms with Crippen LogP contribution in [0.3, 0.4) is 0 Å². The van der Waals surface area contributed by atoms with Crippen LogP contribution in [0.4, 0.5) is 11.4 Å². The van der Waals surface area contributed by atoms with E-state index in [4.69, 9.17) is 9.47 Å². The average molecular weight is 435 g/mol. The fraction of sp³-hybridized carbons (Fsp3) is 0.333. The largest absolute Gasteiger partial charge is 0.481 e. The molecule has 2 aromatic carbocycles. The predicted octanol–water partition coefficient (Wildman–Crippen LogP) is 2.97. The SMILES string of the molecule is CC[C@@H](Oc1ccc(N(C)S(C)(=O)=O)cc1)C(=O)Nc1cc(C(=O)OC)ccc1C. The molecule has 9 heteroatoms. The van der Waals surface area contributed by atoms with Crippen LogP contribution in [0.2, 0.25) is 0 Å². The second-order valence-corrected chi connectivity index (χ2v) is 8.76. The quantitative estimate of drug-likeness (QED) is 0.641. The first-order chi connectivity index (χ1) is 14.1. The normalized spacial score (nSPS) is 12.0. The third-order valence-electron chi connectivity index (χ3n) is 4.56.